The van der Waals surface area contributed by atoms with Gasteiger partial charge in [-0.1, -0.05) is 0 Å². The van der Waals surface area contributed by atoms with Crippen LogP contribution in [0.1, 0.15) is 30.6 Å². The first kappa shape index (κ1) is 15.3. The number of nitrogens with one attached hydrogen (secondary N) is 1. The maximum absolute atomic E-state index is 13.2. The van der Waals surface area contributed by atoms with E-state index in [0.717, 1.165) is 47.3 Å². The molecule has 1 aromatic heterocycles. The standard InChI is InChI=1S/C16H15F2N3O2/c1-9(16(23)19-11-5-6-12(17)13(18)8-11)21-15(22)7-10-3-2-4-14(10)20-21/h5-9H,2-4H2,1H3,(H,19,23). The lowest BCUT2D eigenvalue weighted by atomic mass is 10.2. The summed E-state index contributed by atoms with van der Waals surface area (Å²) < 4.78 is 27.2. The van der Waals surface area contributed by atoms with Crippen molar-refractivity contribution in [2.75, 3.05) is 5.32 Å². The Kier molecular flexibility index (Phi) is 3.94. The molecule has 1 aromatic carbocycles. The van der Waals surface area contributed by atoms with Crippen LogP contribution in [0.2, 0.25) is 0 Å². The minimum Gasteiger partial charge on any atom is -0.324 e. The number of amides is 1. The third-order valence-electron chi connectivity index (χ3n) is 3.92. The van der Waals surface area contributed by atoms with Gasteiger partial charge >= 0.3 is 0 Å². The van der Waals surface area contributed by atoms with Crippen molar-refractivity contribution in [3.8, 4) is 0 Å². The zero-order valence-corrected chi connectivity index (χ0v) is 12.5. The Morgan fingerprint density at radius 2 is 2.04 bits per heavy atom. The second-order valence-corrected chi connectivity index (χ2v) is 5.55. The minimum atomic E-state index is -1.05. The van der Waals surface area contributed by atoms with Crippen LogP contribution in [0.15, 0.2) is 29.1 Å². The first-order valence-corrected chi connectivity index (χ1v) is 7.33. The molecule has 0 saturated carbocycles. The molecule has 1 amide bonds. The number of anilines is 1. The Hall–Kier alpha value is -2.57. The number of rotatable bonds is 3. The molecule has 23 heavy (non-hydrogen) atoms. The summed E-state index contributed by atoms with van der Waals surface area (Å²) >= 11 is 0. The molecular weight excluding hydrogens is 304 g/mol. The zero-order chi connectivity index (χ0) is 16.6. The number of carbonyl (C=O) groups excluding carboxylic acids is 1. The van der Waals surface area contributed by atoms with Crippen LogP contribution in [0.5, 0.6) is 0 Å². The number of aryl methyl sites for hydroxylation is 2. The second kappa shape index (κ2) is 5.91. The van der Waals surface area contributed by atoms with E-state index in [1.54, 1.807) is 0 Å². The average molecular weight is 319 g/mol. The van der Waals surface area contributed by atoms with E-state index in [1.165, 1.54) is 19.1 Å². The Morgan fingerprint density at radius 3 is 2.78 bits per heavy atom. The van der Waals surface area contributed by atoms with Gasteiger partial charge in [-0.15, -0.1) is 0 Å². The molecule has 1 unspecified atom stereocenters. The van der Waals surface area contributed by atoms with Gasteiger partial charge in [-0.3, -0.25) is 9.59 Å². The fourth-order valence-corrected chi connectivity index (χ4v) is 2.62. The highest BCUT2D eigenvalue weighted by Gasteiger charge is 2.21. The number of fused-ring (bicyclic) bond motifs is 1. The van der Waals surface area contributed by atoms with Crippen LogP contribution in [0, 0.1) is 11.6 Å². The van der Waals surface area contributed by atoms with Gasteiger partial charge in [0.2, 0.25) is 5.91 Å². The zero-order valence-electron chi connectivity index (χ0n) is 12.5. The highest BCUT2D eigenvalue weighted by Crippen LogP contribution is 2.19. The summed E-state index contributed by atoms with van der Waals surface area (Å²) in [6, 6.07) is 3.72. The Morgan fingerprint density at radius 1 is 1.26 bits per heavy atom. The van der Waals surface area contributed by atoms with Crippen molar-refractivity contribution in [2.45, 2.75) is 32.2 Å². The summed E-state index contributed by atoms with van der Waals surface area (Å²) in [4.78, 5) is 24.3. The molecule has 120 valence electrons. The predicted molar refractivity (Wildman–Crippen MR) is 80.2 cm³/mol. The lowest BCUT2D eigenvalue weighted by Crippen LogP contribution is -2.34. The molecule has 0 aliphatic heterocycles. The van der Waals surface area contributed by atoms with Crippen molar-refractivity contribution < 1.29 is 13.6 Å². The summed E-state index contributed by atoms with van der Waals surface area (Å²) in [5.41, 5.74) is 1.53. The maximum atomic E-state index is 13.2. The predicted octanol–water partition coefficient (Wildman–Crippen LogP) is 2.21. The van der Waals surface area contributed by atoms with Gasteiger partial charge in [0.05, 0.1) is 5.69 Å². The van der Waals surface area contributed by atoms with Gasteiger partial charge in [0, 0.05) is 17.8 Å². The van der Waals surface area contributed by atoms with Crippen LogP contribution >= 0.6 is 0 Å². The van der Waals surface area contributed by atoms with E-state index in [4.69, 9.17) is 0 Å². The quantitative estimate of drug-likeness (QED) is 0.943. The summed E-state index contributed by atoms with van der Waals surface area (Å²) in [5.74, 6) is -2.57. The number of hydrogen-bond donors (Lipinski definition) is 1. The lowest BCUT2D eigenvalue weighted by molar-refractivity contribution is -0.119. The average Bonchev–Trinajstić information content (AvgIpc) is 2.96. The van der Waals surface area contributed by atoms with Gasteiger partial charge in [-0.25, -0.2) is 13.5 Å². The summed E-state index contributed by atoms with van der Waals surface area (Å²) in [6.07, 6.45) is 2.56. The van der Waals surface area contributed by atoms with Crippen LogP contribution < -0.4 is 10.9 Å². The Bertz CT molecular complexity index is 833. The monoisotopic (exact) mass is 319 g/mol. The fourth-order valence-electron chi connectivity index (χ4n) is 2.62. The van der Waals surface area contributed by atoms with E-state index >= 15 is 0 Å². The number of hydrogen-bond acceptors (Lipinski definition) is 3. The van der Waals surface area contributed by atoms with Gasteiger partial charge in [0.25, 0.3) is 5.56 Å². The molecule has 1 heterocycles. The van der Waals surface area contributed by atoms with Crippen LogP contribution in [0.4, 0.5) is 14.5 Å². The van der Waals surface area contributed by atoms with Crippen LogP contribution in [-0.2, 0) is 17.6 Å². The molecule has 0 bridgehead atoms. The maximum Gasteiger partial charge on any atom is 0.267 e. The number of nitrogens with zero attached hydrogens (tertiary/aromatic N) is 2. The molecule has 5 nitrogen and oxygen atoms in total. The highest BCUT2D eigenvalue weighted by molar-refractivity contribution is 5.93. The number of halogens is 2. The van der Waals surface area contributed by atoms with Crippen LogP contribution in [0.25, 0.3) is 0 Å². The largest absolute Gasteiger partial charge is 0.324 e. The first-order chi connectivity index (χ1) is 11.0. The van der Waals surface area contributed by atoms with Crippen molar-refractivity contribution >= 4 is 11.6 Å². The molecule has 0 fully saturated rings. The Labute approximate surface area is 130 Å². The van der Waals surface area contributed by atoms with E-state index in [1.807, 2.05) is 0 Å². The van der Waals surface area contributed by atoms with E-state index < -0.39 is 23.6 Å². The van der Waals surface area contributed by atoms with Crippen molar-refractivity contribution in [1.29, 1.82) is 0 Å². The molecular formula is C16H15F2N3O2. The number of aromatic nitrogens is 2. The highest BCUT2D eigenvalue weighted by atomic mass is 19.2. The molecule has 0 saturated heterocycles. The SMILES string of the molecule is CC(C(=O)Nc1ccc(F)c(F)c1)n1nc2c(cc1=O)CCC2. The summed E-state index contributed by atoms with van der Waals surface area (Å²) in [6.45, 7) is 1.53. The third kappa shape index (κ3) is 2.99. The number of carbonyl (C=O) groups is 1. The van der Waals surface area contributed by atoms with E-state index in [-0.39, 0.29) is 11.2 Å². The number of benzene rings is 1. The summed E-state index contributed by atoms with van der Waals surface area (Å²) in [5, 5.41) is 6.71. The van der Waals surface area contributed by atoms with Crippen LogP contribution in [-0.4, -0.2) is 15.7 Å². The van der Waals surface area contributed by atoms with E-state index in [2.05, 4.69) is 10.4 Å². The molecule has 1 aliphatic rings. The van der Waals surface area contributed by atoms with Crippen molar-refractivity contribution in [3.05, 3.63) is 57.5 Å². The van der Waals surface area contributed by atoms with Crippen molar-refractivity contribution in [3.63, 3.8) is 0 Å². The molecule has 1 atom stereocenters. The minimum absolute atomic E-state index is 0.120. The molecule has 2 aromatic rings. The van der Waals surface area contributed by atoms with Gasteiger partial charge in [-0.2, -0.15) is 5.10 Å². The van der Waals surface area contributed by atoms with Gasteiger partial charge in [0.15, 0.2) is 11.6 Å². The van der Waals surface area contributed by atoms with Gasteiger partial charge in [-0.05, 0) is 43.9 Å². The molecule has 0 spiro atoms. The first-order valence-electron chi connectivity index (χ1n) is 7.33. The normalized spacial score (nSPS) is 14.4. The smallest absolute Gasteiger partial charge is 0.267 e. The van der Waals surface area contributed by atoms with E-state index in [0.29, 0.717) is 0 Å². The topological polar surface area (TPSA) is 64.0 Å². The molecule has 1 N–H and O–H groups in total. The van der Waals surface area contributed by atoms with Crippen LogP contribution in [0.3, 0.4) is 0 Å². The van der Waals surface area contributed by atoms with Crippen molar-refractivity contribution in [2.24, 2.45) is 0 Å². The molecule has 1 aliphatic carbocycles. The molecule has 3 rings (SSSR count). The fraction of sp³-hybridized carbons (Fsp3) is 0.312. The van der Waals surface area contributed by atoms with Gasteiger partial charge < -0.3 is 5.32 Å². The molecule has 7 heteroatoms. The second-order valence-electron chi connectivity index (χ2n) is 5.55. The van der Waals surface area contributed by atoms with E-state index in [9.17, 15) is 18.4 Å². The van der Waals surface area contributed by atoms with Gasteiger partial charge in [0.1, 0.15) is 6.04 Å². The molecule has 0 radical (unpaired) electrons. The Balaban J connectivity index is 1.82. The van der Waals surface area contributed by atoms with Crippen molar-refractivity contribution in [1.82, 2.24) is 9.78 Å². The lowest BCUT2D eigenvalue weighted by Gasteiger charge is -2.15. The summed E-state index contributed by atoms with van der Waals surface area (Å²) in [7, 11) is 0. The third-order valence-corrected chi connectivity index (χ3v) is 3.92.